The molecule has 2 bridgehead atoms. The summed E-state index contributed by atoms with van der Waals surface area (Å²) in [7, 11) is 0. The van der Waals surface area contributed by atoms with E-state index in [-0.39, 0.29) is 0 Å². The molecular formula is C22H32. The Balaban J connectivity index is 2.21. The fourth-order valence-electron chi connectivity index (χ4n) is 3.48. The molecule has 1 aliphatic rings. The van der Waals surface area contributed by atoms with E-state index in [4.69, 9.17) is 0 Å². The number of hydrogen-bond acceptors (Lipinski definition) is 0. The lowest BCUT2D eigenvalue weighted by atomic mass is 9.86. The van der Waals surface area contributed by atoms with E-state index in [0.29, 0.717) is 11.3 Å². The predicted molar refractivity (Wildman–Crippen MR) is 98.5 cm³/mol. The Morgan fingerprint density at radius 1 is 1.27 bits per heavy atom. The molecule has 0 fully saturated rings. The first-order valence-corrected chi connectivity index (χ1v) is 8.82. The molecule has 1 aromatic rings. The van der Waals surface area contributed by atoms with E-state index in [9.17, 15) is 0 Å². The molecule has 0 N–H and O–H groups in total. The molecule has 0 spiro atoms. The highest BCUT2D eigenvalue weighted by Crippen LogP contribution is 2.31. The van der Waals surface area contributed by atoms with Gasteiger partial charge in [-0.2, -0.15) is 0 Å². The fourth-order valence-corrected chi connectivity index (χ4v) is 3.48. The molecule has 0 aliphatic heterocycles. The molecule has 2 rings (SSSR count). The van der Waals surface area contributed by atoms with Crippen LogP contribution in [0.2, 0.25) is 0 Å². The monoisotopic (exact) mass is 296 g/mol. The molecule has 1 atom stereocenters. The zero-order chi connectivity index (χ0) is 16.2. The third-order valence-corrected chi connectivity index (χ3v) is 4.54. The SMILES string of the molecule is C/C=C\C(=C/Cc1ccc2cc1C(C)CCC2)CC(C)(C)C. The standard InChI is InChI=1S/C22H32/c1-6-8-19(16-22(3,4)5)12-14-20-13-11-18-10-7-9-17(2)21(20)15-18/h6,8,11-13,15,17H,7,9-10,14,16H2,1-5H3/b8-6-,19-12+. The zero-order valence-electron chi connectivity index (χ0n) is 15.1. The van der Waals surface area contributed by atoms with Crippen LogP contribution in [0.15, 0.2) is 42.0 Å². The summed E-state index contributed by atoms with van der Waals surface area (Å²) in [5.74, 6) is 0.707. The number of benzene rings is 1. The van der Waals surface area contributed by atoms with Crippen molar-refractivity contribution in [1.29, 1.82) is 0 Å². The second kappa shape index (κ2) is 7.31. The molecule has 0 heteroatoms. The first-order valence-electron chi connectivity index (χ1n) is 8.82. The number of rotatable bonds is 4. The Hall–Kier alpha value is -1.30. The van der Waals surface area contributed by atoms with Crippen LogP contribution >= 0.6 is 0 Å². The second-order valence-corrected chi connectivity index (χ2v) is 8.05. The molecule has 22 heavy (non-hydrogen) atoms. The number of aryl methyl sites for hydroxylation is 1. The summed E-state index contributed by atoms with van der Waals surface area (Å²) in [6.45, 7) is 11.4. The van der Waals surface area contributed by atoms with Gasteiger partial charge in [0.05, 0.1) is 0 Å². The van der Waals surface area contributed by atoms with Gasteiger partial charge in [-0.25, -0.2) is 0 Å². The van der Waals surface area contributed by atoms with E-state index in [0.717, 1.165) is 12.8 Å². The van der Waals surface area contributed by atoms with Gasteiger partial charge in [-0.05, 0) is 67.1 Å². The average Bonchev–Trinajstić information content (AvgIpc) is 2.57. The van der Waals surface area contributed by atoms with E-state index in [1.54, 1.807) is 5.56 Å². The van der Waals surface area contributed by atoms with Crippen LogP contribution in [-0.4, -0.2) is 0 Å². The van der Waals surface area contributed by atoms with Crippen LogP contribution in [0.1, 0.15) is 76.5 Å². The van der Waals surface area contributed by atoms with Crippen molar-refractivity contribution < 1.29 is 0 Å². The lowest BCUT2D eigenvalue weighted by Gasteiger charge is -2.19. The summed E-state index contributed by atoms with van der Waals surface area (Å²) >= 11 is 0. The highest BCUT2D eigenvalue weighted by molar-refractivity contribution is 5.38. The summed E-state index contributed by atoms with van der Waals surface area (Å²) in [6.07, 6.45) is 13.0. The summed E-state index contributed by atoms with van der Waals surface area (Å²) in [5.41, 5.74) is 6.44. The lowest BCUT2D eigenvalue weighted by molar-refractivity contribution is 0.413. The maximum atomic E-state index is 2.46. The Labute approximate surface area is 137 Å². The third kappa shape index (κ3) is 4.87. The van der Waals surface area contributed by atoms with Crippen molar-refractivity contribution in [1.82, 2.24) is 0 Å². The van der Waals surface area contributed by atoms with Crippen LogP contribution in [0.4, 0.5) is 0 Å². The number of hydrogen-bond donors (Lipinski definition) is 0. The Bertz CT molecular complexity index is 552. The highest BCUT2D eigenvalue weighted by Gasteiger charge is 2.15. The molecule has 120 valence electrons. The average molecular weight is 296 g/mol. The van der Waals surface area contributed by atoms with Crippen molar-refractivity contribution in [3.8, 4) is 0 Å². The molecule has 0 aromatic heterocycles. The van der Waals surface area contributed by atoms with Gasteiger partial charge in [0.1, 0.15) is 0 Å². The van der Waals surface area contributed by atoms with Gasteiger partial charge < -0.3 is 0 Å². The van der Waals surface area contributed by atoms with E-state index in [2.05, 4.69) is 71.0 Å². The van der Waals surface area contributed by atoms with Crippen LogP contribution in [0.3, 0.4) is 0 Å². The van der Waals surface area contributed by atoms with Gasteiger partial charge in [-0.3, -0.25) is 0 Å². The Kier molecular flexibility index (Phi) is 5.67. The van der Waals surface area contributed by atoms with Crippen LogP contribution in [0.25, 0.3) is 0 Å². The summed E-state index contributed by atoms with van der Waals surface area (Å²) < 4.78 is 0. The molecule has 0 nitrogen and oxygen atoms in total. The molecular weight excluding hydrogens is 264 g/mol. The molecule has 1 aliphatic carbocycles. The topological polar surface area (TPSA) is 0 Å². The van der Waals surface area contributed by atoms with Crippen molar-refractivity contribution in [2.45, 2.75) is 72.6 Å². The minimum Gasteiger partial charge on any atom is -0.0874 e. The van der Waals surface area contributed by atoms with Gasteiger partial charge in [0.15, 0.2) is 0 Å². The van der Waals surface area contributed by atoms with Crippen LogP contribution < -0.4 is 0 Å². The number of allylic oxidation sites excluding steroid dienone is 4. The fraction of sp³-hybridized carbons (Fsp3) is 0.545. The second-order valence-electron chi connectivity index (χ2n) is 8.05. The minimum absolute atomic E-state index is 0.342. The Morgan fingerprint density at radius 2 is 2.05 bits per heavy atom. The van der Waals surface area contributed by atoms with Gasteiger partial charge in [0.2, 0.25) is 0 Å². The normalized spacial score (nSPS) is 19.5. The van der Waals surface area contributed by atoms with Crippen molar-refractivity contribution >= 4 is 0 Å². The maximum absolute atomic E-state index is 2.46. The van der Waals surface area contributed by atoms with E-state index in [1.165, 1.54) is 36.0 Å². The van der Waals surface area contributed by atoms with Crippen molar-refractivity contribution in [3.05, 3.63) is 58.7 Å². The largest absolute Gasteiger partial charge is 0.0874 e. The van der Waals surface area contributed by atoms with E-state index >= 15 is 0 Å². The molecule has 0 saturated heterocycles. The van der Waals surface area contributed by atoms with Crippen molar-refractivity contribution in [3.63, 3.8) is 0 Å². The summed E-state index contributed by atoms with van der Waals surface area (Å²) in [5, 5.41) is 0. The van der Waals surface area contributed by atoms with E-state index < -0.39 is 0 Å². The molecule has 0 amide bonds. The third-order valence-electron chi connectivity index (χ3n) is 4.54. The van der Waals surface area contributed by atoms with Gasteiger partial charge >= 0.3 is 0 Å². The van der Waals surface area contributed by atoms with Gasteiger partial charge in [0, 0.05) is 0 Å². The molecule has 1 aromatic carbocycles. The maximum Gasteiger partial charge on any atom is -0.00888 e. The first kappa shape index (κ1) is 17.1. The molecule has 0 saturated carbocycles. The van der Waals surface area contributed by atoms with Crippen molar-refractivity contribution in [2.75, 3.05) is 0 Å². The smallest absolute Gasteiger partial charge is 0.00888 e. The summed E-state index contributed by atoms with van der Waals surface area (Å²) in [4.78, 5) is 0. The van der Waals surface area contributed by atoms with E-state index in [1.807, 2.05) is 0 Å². The lowest BCUT2D eigenvalue weighted by Crippen LogP contribution is -2.06. The molecule has 0 radical (unpaired) electrons. The highest BCUT2D eigenvalue weighted by atomic mass is 14.2. The minimum atomic E-state index is 0.342. The molecule has 1 unspecified atom stereocenters. The quantitative estimate of drug-likeness (QED) is 0.548. The van der Waals surface area contributed by atoms with Crippen LogP contribution in [0, 0.1) is 5.41 Å². The van der Waals surface area contributed by atoms with Crippen LogP contribution in [0.5, 0.6) is 0 Å². The van der Waals surface area contributed by atoms with Gasteiger partial charge in [0.25, 0.3) is 0 Å². The van der Waals surface area contributed by atoms with Crippen molar-refractivity contribution in [2.24, 2.45) is 5.41 Å². The first-order chi connectivity index (χ1) is 10.4. The predicted octanol–water partition coefficient (Wildman–Crippen LogP) is 6.61. The summed E-state index contributed by atoms with van der Waals surface area (Å²) in [6, 6.07) is 7.16. The molecule has 0 heterocycles. The Morgan fingerprint density at radius 3 is 2.73 bits per heavy atom. The number of fused-ring (bicyclic) bond motifs is 2. The zero-order valence-corrected chi connectivity index (χ0v) is 15.1. The van der Waals surface area contributed by atoms with Gasteiger partial charge in [-0.15, -0.1) is 0 Å². The van der Waals surface area contributed by atoms with Crippen LogP contribution in [-0.2, 0) is 12.8 Å². The van der Waals surface area contributed by atoms with Gasteiger partial charge in [-0.1, -0.05) is 69.7 Å².